The SMILES string of the molecule is COC(=O)[C@H]1C[C@@H]1C(=O)NC1CCN([C@@H](C)c2ccccc2)CC1. The summed E-state index contributed by atoms with van der Waals surface area (Å²) >= 11 is 0. The maximum Gasteiger partial charge on any atom is 0.309 e. The number of esters is 1. The minimum absolute atomic E-state index is 0.0138. The molecular weight excluding hydrogens is 304 g/mol. The molecule has 0 unspecified atom stereocenters. The Labute approximate surface area is 143 Å². The van der Waals surface area contributed by atoms with Crippen molar-refractivity contribution in [2.45, 2.75) is 38.3 Å². The van der Waals surface area contributed by atoms with Crippen LogP contribution in [0.5, 0.6) is 0 Å². The van der Waals surface area contributed by atoms with Crippen molar-refractivity contribution in [3.63, 3.8) is 0 Å². The summed E-state index contributed by atoms with van der Waals surface area (Å²) in [6.45, 7) is 4.19. The molecule has 1 aromatic carbocycles. The molecule has 130 valence electrons. The predicted octanol–water partition coefficient (Wildman–Crippen LogP) is 2.14. The van der Waals surface area contributed by atoms with E-state index in [-0.39, 0.29) is 29.8 Å². The number of carbonyl (C=O) groups excluding carboxylic acids is 2. The molecule has 1 amide bonds. The number of amides is 1. The summed E-state index contributed by atoms with van der Waals surface area (Å²) in [5, 5.41) is 3.12. The van der Waals surface area contributed by atoms with Crippen LogP contribution in [0.1, 0.15) is 37.8 Å². The van der Waals surface area contributed by atoms with Crippen molar-refractivity contribution in [2.75, 3.05) is 20.2 Å². The minimum atomic E-state index is -0.262. The summed E-state index contributed by atoms with van der Waals surface area (Å²) in [4.78, 5) is 26.1. The fourth-order valence-corrected chi connectivity index (χ4v) is 3.58. The number of benzene rings is 1. The molecule has 1 aromatic rings. The van der Waals surface area contributed by atoms with Crippen LogP contribution in [0.4, 0.5) is 0 Å². The van der Waals surface area contributed by atoms with Crippen molar-refractivity contribution in [3.05, 3.63) is 35.9 Å². The van der Waals surface area contributed by atoms with Gasteiger partial charge in [-0.3, -0.25) is 14.5 Å². The van der Waals surface area contributed by atoms with E-state index in [0.717, 1.165) is 25.9 Å². The van der Waals surface area contributed by atoms with Crippen LogP contribution in [0, 0.1) is 11.8 Å². The molecule has 3 rings (SSSR count). The van der Waals surface area contributed by atoms with Gasteiger partial charge in [-0.2, -0.15) is 0 Å². The molecule has 2 fully saturated rings. The van der Waals surface area contributed by atoms with Gasteiger partial charge in [-0.05, 0) is 31.7 Å². The van der Waals surface area contributed by atoms with E-state index in [1.807, 2.05) is 6.07 Å². The summed E-state index contributed by atoms with van der Waals surface area (Å²) in [6.07, 6.45) is 2.54. The second-order valence-electron chi connectivity index (χ2n) is 6.88. The number of ether oxygens (including phenoxy) is 1. The lowest BCUT2D eigenvalue weighted by Gasteiger charge is -2.36. The van der Waals surface area contributed by atoms with E-state index in [9.17, 15) is 9.59 Å². The summed E-state index contributed by atoms with van der Waals surface area (Å²) in [7, 11) is 1.37. The number of rotatable bonds is 5. The number of hydrogen-bond donors (Lipinski definition) is 1. The second kappa shape index (κ2) is 7.34. The Kier molecular flexibility index (Phi) is 5.19. The van der Waals surface area contributed by atoms with Gasteiger partial charge in [-0.1, -0.05) is 30.3 Å². The number of likely N-dealkylation sites (tertiary alicyclic amines) is 1. The first-order valence-electron chi connectivity index (χ1n) is 8.77. The van der Waals surface area contributed by atoms with Gasteiger partial charge >= 0.3 is 5.97 Å². The average Bonchev–Trinajstić information content (AvgIpc) is 3.43. The lowest BCUT2D eigenvalue weighted by molar-refractivity contribution is -0.143. The van der Waals surface area contributed by atoms with Gasteiger partial charge in [0, 0.05) is 25.2 Å². The average molecular weight is 330 g/mol. The number of nitrogens with one attached hydrogen (secondary N) is 1. The van der Waals surface area contributed by atoms with Crippen molar-refractivity contribution < 1.29 is 14.3 Å². The zero-order valence-electron chi connectivity index (χ0n) is 14.4. The molecule has 0 bridgehead atoms. The Hall–Kier alpha value is -1.88. The van der Waals surface area contributed by atoms with Gasteiger partial charge in [-0.25, -0.2) is 0 Å². The van der Waals surface area contributed by atoms with E-state index in [2.05, 4.69) is 41.4 Å². The molecule has 1 heterocycles. The standard InChI is InChI=1S/C19H26N2O3/c1-13(14-6-4-3-5-7-14)21-10-8-15(9-11-21)20-18(22)16-12-17(16)19(23)24-2/h3-7,13,15-17H,8-12H2,1-2H3,(H,20,22)/t13-,16-,17-/m0/s1. The van der Waals surface area contributed by atoms with E-state index in [1.54, 1.807) is 0 Å². The van der Waals surface area contributed by atoms with Crippen molar-refractivity contribution in [1.82, 2.24) is 10.2 Å². The highest BCUT2D eigenvalue weighted by atomic mass is 16.5. The molecule has 2 aliphatic rings. The van der Waals surface area contributed by atoms with Gasteiger partial charge in [-0.15, -0.1) is 0 Å². The molecule has 1 saturated carbocycles. The fraction of sp³-hybridized carbons (Fsp3) is 0.579. The van der Waals surface area contributed by atoms with Crippen LogP contribution in [0.3, 0.4) is 0 Å². The highest BCUT2D eigenvalue weighted by molar-refractivity contribution is 5.90. The zero-order chi connectivity index (χ0) is 17.1. The molecule has 1 aliphatic carbocycles. The first-order chi connectivity index (χ1) is 11.6. The molecule has 0 radical (unpaired) electrons. The normalized spacial score (nSPS) is 25.8. The minimum Gasteiger partial charge on any atom is -0.469 e. The molecule has 0 aromatic heterocycles. The predicted molar refractivity (Wildman–Crippen MR) is 91.2 cm³/mol. The van der Waals surface area contributed by atoms with Gasteiger partial charge < -0.3 is 10.1 Å². The highest BCUT2D eigenvalue weighted by Gasteiger charge is 2.49. The molecule has 5 heteroatoms. The molecule has 3 atom stereocenters. The molecular formula is C19H26N2O3. The van der Waals surface area contributed by atoms with Crippen LogP contribution in [0.2, 0.25) is 0 Å². The lowest BCUT2D eigenvalue weighted by Crippen LogP contribution is -2.45. The van der Waals surface area contributed by atoms with Crippen LogP contribution >= 0.6 is 0 Å². The fourth-order valence-electron chi connectivity index (χ4n) is 3.58. The maximum atomic E-state index is 12.2. The summed E-state index contributed by atoms with van der Waals surface area (Å²) in [6, 6.07) is 11.1. The van der Waals surface area contributed by atoms with Gasteiger partial charge in [0.2, 0.25) is 5.91 Å². The molecule has 0 spiro atoms. The Morgan fingerprint density at radius 1 is 1.17 bits per heavy atom. The Balaban J connectivity index is 1.44. The first kappa shape index (κ1) is 17.0. The van der Waals surface area contributed by atoms with Gasteiger partial charge in [0.1, 0.15) is 0 Å². The lowest BCUT2D eigenvalue weighted by atomic mass is 10.00. The monoisotopic (exact) mass is 330 g/mol. The van der Waals surface area contributed by atoms with Gasteiger partial charge in [0.05, 0.1) is 18.9 Å². The van der Waals surface area contributed by atoms with Crippen LogP contribution in [0.15, 0.2) is 30.3 Å². The summed E-state index contributed by atoms with van der Waals surface area (Å²) in [5.74, 6) is -0.659. The third-order valence-corrected chi connectivity index (χ3v) is 5.34. The summed E-state index contributed by atoms with van der Waals surface area (Å²) in [5.41, 5.74) is 1.33. The van der Waals surface area contributed by atoms with E-state index in [4.69, 9.17) is 4.74 Å². The van der Waals surface area contributed by atoms with E-state index >= 15 is 0 Å². The molecule has 24 heavy (non-hydrogen) atoms. The van der Waals surface area contributed by atoms with Crippen LogP contribution in [-0.2, 0) is 14.3 Å². The van der Waals surface area contributed by atoms with Gasteiger partial charge in [0.25, 0.3) is 0 Å². The third kappa shape index (κ3) is 3.78. The maximum absolute atomic E-state index is 12.2. The molecule has 1 saturated heterocycles. The molecule has 1 aliphatic heterocycles. The second-order valence-corrected chi connectivity index (χ2v) is 6.88. The van der Waals surface area contributed by atoms with Crippen LogP contribution < -0.4 is 5.32 Å². The highest BCUT2D eigenvalue weighted by Crippen LogP contribution is 2.39. The van der Waals surface area contributed by atoms with E-state index in [0.29, 0.717) is 12.5 Å². The Morgan fingerprint density at radius 3 is 2.46 bits per heavy atom. The molecule has 1 N–H and O–H groups in total. The van der Waals surface area contributed by atoms with Crippen molar-refractivity contribution in [1.29, 1.82) is 0 Å². The van der Waals surface area contributed by atoms with Crippen LogP contribution in [-0.4, -0.2) is 43.0 Å². The number of carbonyl (C=O) groups is 2. The third-order valence-electron chi connectivity index (χ3n) is 5.34. The number of nitrogens with zero attached hydrogens (tertiary/aromatic N) is 1. The van der Waals surface area contributed by atoms with Gasteiger partial charge in [0.15, 0.2) is 0 Å². The quantitative estimate of drug-likeness (QED) is 0.841. The zero-order valence-corrected chi connectivity index (χ0v) is 14.4. The van der Waals surface area contributed by atoms with Crippen molar-refractivity contribution in [3.8, 4) is 0 Å². The molecule has 5 nitrogen and oxygen atoms in total. The topological polar surface area (TPSA) is 58.6 Å². The van der Waals surface area contributed by atoms with Crippen molar-refractivity contribution >= 4 is 11.9 Å². The largest absolute Gasteiger partial charge is 0.469 e. The van der Waals surface area contributed by atoms with Crippen molar-refractivity contribution in [2.24, 2.45) is 11.8 Å². The van der Waals surface area contributed by atoms with E-state index in [1.165, 1.54) is 12.7 Å². The smallest absolute Gasteiger partial charge is 0.309 e. The Bertz CT molecular complexity index is 582. The van der Waals surface area contributed by atoms with Crippen LogP contribution in [0.25, 0.3) is 0 Å². The Morgan fingerprint density at radius 2 is 1.83 bits per heavy atom. The number of methoxy groups -OCH3 is 1. The number of piperidine rings is 1. The summed E-state index contributed by atoms with van der Waals surface area (Å²) < 4.78 is 4.70. The number of hydrogen-bond acceptors (Lipinski definition) is 4. The first-order valence-corrected chi connectivity index (χ1v) is 8.77. The van der Waals surface area contributed by atoms with E-state index < -0.39 is 0 Å².